The lowest BCUT2D eigenvalue weighted by Gasteiger charge is -2.22. The highest BCUT2D eigenvalue weighted by atomic mass is 19.1. The molecule has 0 aromatic heterocycles. The Morgan fingerprint density at radius 3 is 2.19 bits per heavy atom. The van der Waals surface area contributed by atoms with E-state index in [0.29, 0.717) is 5.56 Å². The lowest BCUT2D eigenvalue weighted by molar-refractivity contribution is -0.118. The topological polar surface area (TPSA) is 58.2 Å². The Bertz CT molecular complexity index is 817. The van der Waals surface area contributed by atoms with Gasteiger partial charge < -0.3 is 10.6 Å². The molecule has 0 bridgehead atoms. The molecule has 7 heteroatoms. The van der Waals surface area contributed by atoms with Crippen molar-refractivity contribution in [1.82, 2.24) is 5.32 Å². The van der Waals surface area contributed by atoms with Gasteiger partial charge in [0.2, 0.25) is 5.91 Å². The Hall–Kier alpha value is -2.83. The predicted molar refractivity (Wildman–Crippen MR) is 92.2 cm³/mol. The molecule has 2 N–H and O–H groups in total. The molecule has 0 aliphatic carbocycles. The highest BCUT2D eigenvalue weighted by Gasteiger charge is 2.27. The quantitative estimate of drug-likeness (QED) is 0.848. The van der Waals surface area contributed by atoms with E-state index in [2.05, 4.69) is 10.6 Å². The number of anilines is 1. The molecule has 2 aromatic rings. The zero-order chi connectivity index (χ0) is 19.4. The van der Waals surface area contributed by atoms with Crippen LogP contribution in [0.5, 0.6) is 0 Å². The highest BCUT2D eigenvalue weighted by molar-refractivity contribution is 6.01. The van der Waals surface area contributed by atoms with E-state index >= 15 is 0 Å². The lowest BCUT2D eigenvalue weighted by atomic mass is 10.0. The third-order valence-electron chi connectivity index (χ3n) is 3.88. The van der Waals surface area contributed by atoms with Crippen molar-refractivity contribution in [2.75, 3.05) is 5.32 Å². The Balaban J connectivity index is 2.22. The smallest absolute Gasteiger partial charge is 0.257 e. The van der Waals surface area contributed by atoms with E-state index in [0.717, 1.165) is 24.3 Å². The molecule has 0 fully saturated rings. The van der Waals surface area contributed by atoms with Gasteiger partial charge in [-0.1, -0.05) is 26.0 Å². The molecule has 2 amide bonds. The lowest BCUT2D eigenvalue weighted by Crippen LogP contribution is -2.47. The van der Waals surface area contributed by atoms with Gasteiger partial charge in [-0.15, -0.1) is 0 Å². The number of carbonyl (C=O) groups is 2. The molecule has 0 aliphatic heterocycles. The van der Waals surface area contributed by atoms with E-state index in [1.165, 1.54) is 12.1 Å². The summed E-state index contributed by atoms with van der Waals surface area (Å²) in [5.74, 6) is -4.59. The van der Waals surface area contributed by atoms with Crippen molar-refractivity contribution in [3.05, 3.63) is 65.0 Å². The SMILES string of the molecule is Cc1ccc(F)cc1NC(=O)[C@@H](NC(=O)c1c(F)cccc1F)C(C)C. The molecule has 0 saturated heterocycles. The highest BCUT2D eigenvalue weighted by Crippen LogP contribution is 2.18. The third kappa shape index (κ3) is 4.41. The van der Waals surface area contributed by atoms with Crippen LogP contribution in [0.25, 0.3) is 0 Å². The molecule has 0 heterocycles. The molecule has 26 heavy (non-hydrogen) atoms. The van der Waals surface area contributed by atoms with Crippen LogP contribution < -0.4 is 10.6 Å². The van der Waals surface area contributed by atoms with E-state index in [-0.39, 0.29) is 11.6 Å². The van der Waals surface area contributed by atoms with Crippen molar-refractivity contribution < 1.29 is 22.8 Å². The van der Waals surface area contributed by atoms with Gasteiger partial charge in [-0.25, -0.2) is 13.2 Å². The zero-order valence-corrected chi connectivity index (χ0v) is 14.6. The zero-order valence-electron chi connectivity index (χ0n) is 14.6. The monoisotopic (exact) mass is 364 g/mol. The van der Waals surface area contributed by atoms with Gasteiger partial charge in [0.1, 0.15) is 29.1 Å². The molecule has 0 unspecified atom stereocenters. The van der Waals surface area contributed by atoms with E-state index in [1.807, 2.05) is 0 Å². The second-order valence-corrected chi connectivity index (χ2v) is 6.24. The first-order valence-electron chi connectivity index (χ1n) is 8.02. The second kappa shape index (κ2) is 8.03. The van der Waals surface area contributed by atoms with Gasteiger partial charge >= 0.3 is 0 Å². The summed E-state index contributed by atoms with van der Waals surface area (Å²) in [5, 5.41) is 4.88. The molecular formula is C19H19F3N2O2. The van der Waals surface area contributed by atoms with Gasteiger partial charge in [0, 0.05) is 5.69 Å². The average Bonchev–Trinajstić information content (AvgIpc) is 2.55. The number of amides is 2. The largest absolute Gasteiger partial charge is 0.340 e. The van der Waals surface area contributed by atoms with Crippen LogP contribution in [-0.2, 0) is 4.79 Å². The Morgan fingerprint density at radius 2 is 1.62 bits per heavy atom. The van der Waals surface area contributed by atoms with Gasteiger partial charge in [-0.3, -0.25) is 9.59 Å². The fourth-order valence-corrected chi connectivity index (χ4v) is 2.40. The fraction of sp³-hybridized carbons (Fsp3) is 0.263. The summed E-state index contributed by atoms with van der Waals surface area (Å²) in [6.45, 7) is 5.02. The standard InChI is InChI=1S/C19H19F3N2O2/c1-10(2)17(19(26)23-15-9-12(20)8-7-11(15)3)24-18(25)16-13(21)5-4-6-14(16)22/h4-10,17H,1-3H3,(H,23,26)(H,24,25)/t17-/m0/s1. The number of hydrogen-bond donors (Lipinski definition) is 2. The normalized spacial score (nSPS) is 12.0. The van der Waals surface area contributed by atoms with Gasteiger partial charge in [0.15, 0.2) is 0 Å². The third-order valence-corrected chi connectivity index (χ3v) is 3.88. The number of hydrogen-bond acceptors (Lipinski definition) is 2. The number of aryl methyl sites for hydroxylation is 1. The first kappa shape index (κ1) is 19.5. The van der Waals surface area contributed by atoms with Crippen molar-refractivity contribution in [3.63, 3.8) is 0 Å². The minimum atomic E-state index is -1.07. The van der Waals surface area contributed by atoms with E-state index < -0.39 is 40.9 Å². The minimum Gasteiger partial charge on any atom is -0.340 e. The molecule has 1 atom stereocenters. The van der Waals surface area contributed by atoms with E-state index in [4.69, 9.17) is 0 Å². The van der Waals surface area contributed by atoms with Crippen LogP contribution in [0.2, 0.25) is 0 Å². The van der Waals surface area contributed by atoms with Crippen LogP contribution in [0, 0.1) is 30.3 Å². The molecule has 0 radical (unpaired) electrons. The Labute approximate surface area is 149 Å². The summed E-state index contributed by atoms with van der Waals surface area (Å²) in [6, 6.07) is 5.90. The molecule has 0 saturated carbocycles. The predicted octanol–water partition coefficient (Wildman–Crippen LogP) is 3.81. The van der Waals surface area contributed by atoms with Crippen molar-refractivity contribution >= 4 is 17.5 Å². The molecule has 2 rings (SSSR count). The van der Waals surface area contributed by atoms with Gasteiger partial charge in [-0.2, -0.15) is 0 Å². The van der Waals surface area contributed by atoms with Crippen LogP contribution in [0.3, 0.4) is 0 Å². The number of carbonyl (C=O) groups excluding carboxylic acids is 2. The van der Waals surface area contributed by atoms with E-state index in [9.17, 15) is 22.8 Å². The van der Waals surface area contributed by atoms with Gasteiger partial charge in [0.25, 0.3) is 5.91 Å². The van der Waals surface area contributed by atoms with Crippen molar-refractivity contribution in [2.45, 2.75) is 26.8 Å². The molecule has 4 nitrogen and oxygen atoms in total. The first-order chi connectivity index (χ1) is 12.2. The summed E-state index contributed by atoms with van der Waals surface area (Å²) in [7, 11) is 0. The summed E-state index contributed by atoms with van der Waals surface area (Å²) in [4.78, 5) is 24.8. The van der Waals surface area contributed by atoms with Crippen LogP contribution in [0.15, 0.2) is 36.4 Å². The second-order valence-electron chi connectivity index (χ2n) is 6.24. The van der Waals surface area contributed by atoms with Crippen molar-refractivity contribution in [3.8, 4) is 0 Å². The summed E-state index contributed by atoms with van der Waals surface area (Å²) in [5.41, 5.74) is 0.133. The van der Waals surface area contributed by atoms with Crippen LogP contribution in [-0.4, -0.2) is 17.9 Å². The molecule has 138 valence electrons. The number of benzene rings is 2. The molecule has 0 aliphatic rings. The van der Waals surface area contributed by atoms with E-state index in [1.54, 1.807) is 20.8 Å². The maximum absolute atomic E-state index is 13.8. The minimum absolute atomic E-state index is 0.256. The summed E-state index contributed by atoms with van der Waals surface area (Å²) >= 11 is 0. The van der Waals surface area contributed by atoms with Crippen LogP contribution in [0.1, 0.15) is 29.8 Å². The summed E-state index contributed by atoms with van der Waals surface area (Å²) < 4.78 is 40.9. The van der Waals surface area contributed by atoms with Crippen LogP contribution in [0.4, 0.5) is 18.9 Å². The van der Waals surface area contributed by atoms with Gasteiger partial charge in [0.05, 0.1) is 0 Å². The van der Waals surface area contributed by atoms with Crippen molar-refractivity contribution in [1.29, 1.82) is 0 Å². The Morgan fingerprint density at radius 1 is 1.00 bits per heavy atom. The molecule has 0 spiro atoms. The average molecular weight is 364 g/mol. The molecular weight excluding hydrogens is 345 g/mol. The number of nitrogens with one attached hydrogen (secondary N) is 2. The van der Waals surface area contributed by atoms with Gasteiger partial charge in [-0.05, 0) is 42.7 Å². The number of halogens is 3. The fourth-order valence-electron chi connectivity index (χ4n) is 2.40. The van der Waals surface area contributed by atoms with Crippen LogP contribution >= 0.6 is 0 Å². The molecule has 2 aromatic carbocycles. The van der Waals surface area contributed by atoms with Crippen molar-refractivity contribution in [2.24, 2.45) is 5.92 Å². The first-order valence-corrected chi connectivity index (χ1v) is 8.02. The maximum atomic E-state index is 13.8. The maximum Gasteiger partial charge on any atom is 0.257 e. The number of rotatable bonds is 5. The Kier molecular flexibility index (Phi) is 6.02. The summed E-state index contributed by atoms with van der Waals surface area (Å²) in [6.07, 6.45) is 0.